The second-order valence-corrected chi connectivity index (χ2v) is 9.43. The van der Waals surface area contributed by atoms with Gasteiger partial charge in [-0.25, -0.2) is 4.79 Å². The van der Waals surface area contributed by atoms with Gasteiger partial charge >= 0.3 is 6.09 Å². The van der Waals surface area contributed by atoms with Crippen molar-refractivity contribution in [2.24, 2.45) is 0 Å². The number of hydrogen-bond acceptors (Lipinski definition) is 5. The molecule has 2 heterocycles. The lowest BCUT2D eigenvalue weighted by molar-refractivity contribution is -0.162. The Kier molecular flexibility index (Phi) is 8.59. The zero-order valence-corrected chi connectivity index (χ0v) is 20.9. The van der Waals surface area contributed by atoms with Crippen molar-refractivity contribution in [1.82, 2.24) is 15.1 Å². The molecule has 36 heavy (non-hydrogen) atoms. The molecular weight excluding hydrogens is 458 g/mol. The number of likely N-dealkylation sites (tertiary alicyclic amines) is 1. The molecule has 2 fully saturated rings. The Morgan fingerprint density at radius 2 is 1.58 bits per heavy atom. The Morgan fingerprint density at radius 1 is 0.972 bits per heavy atom. The van der Waals surface area contributed by atoms with Gasteiger partial charge in [-0.3, -0.25) is 9.59 Å². The van der Waals surface area contributed by atoms with Gasteiger partial charge in [-0.05, 0) is 30.4 Å². The molecule has 8 nitrogen and oxygen atoms in total. The summed E-state index contributed by atoms with van der Waals surface area (Å²) < 4.78 is 11.3. The van der Waals surface area contributed by atoms with Gasteiger partial charge in [0.05, 0.1) is 13.2 Å². The SMILES string of the molecule is CCCCN1C(=O)[C@H](COCc2ccccc2)NC(=O)C12CCN(C(=O)OCc1ccccc1)CC2. The number of piperidine rings is 1. The molecule has 4 rings (SSSR count). The molecule has 2 aromatic rings. The molecule has 0 unspecified atom stereocenters. The third-order valence-corrected chi connectivity index (χ3v) is 6.99. The number of unbranched alkanes of at least 4 members (excludes halogenated alkanes) is 1. The Morgan fingerprint density at radius 3 is 2.19 bits per heavy atom. The molecule has 0 bridgehead atoms. The predicted molar refractivity (Wildman–Crippen MR) is 135 cm³/mol. The highest BCUT2D eigenvalue weighted by molar-refractivity contribution is 6.00. The molecule has 2 aliphatic rings. The number of nitrogens with one attached hydrogen (secondary N) is 1. The lowest BCUT2D eigenvalue weighted by Crippen LogP contribution is -2.73. The quantitative estimate of drug-likeness (QED) is 0.578. The first-order chi connectivity index (χ1) is 17.5. The Bertz CT molecular complexity index is 1020. The van der Waals surface area contributed by atoms with Crippen LogP contribution in [-0.4, -0.2) is 65.5 Å². The molecule has 2 aliphatic heterocycles. The van der Waals surface area contributed by atoms with Crippen molar-refractivity contribution < 1.29 is 23.9 Å². The van der Waals surface area contributed by atoms with E-state index in [4.69, 9.17) is 9.47 Å². The van der Waals surface area contributed by atoms with Crippen LogP contribution in [-0.2, 0) is 32.3 Å². The number of amides is 3. The first kappa shape index (κ1) is 25.7. The second-order valence-electron chi connectivity index (χ2n) is 9.43. The molecule has 8 heteroatoms. The zero-order valence-electron chi connectivity index (χ0n) is 20.9. The molecule has 1 spiro atoms. The summed E-state index contributed by atoms with van der Waals surface area (Å²) in [5, 5.41) is 2.92. The number of carbonyl (C=O) groups is 3. The second kappa shape index (κ2) is 12.0. The number of benzene rings is 2. The molecule has 2 saturated heterocycles. The lowest BCUT2D eigenvalue weighted by atomic mass is 9.81. The molecule has 1 N–H and O–H groups in total. The standard InChI is InChI=1S/C28H35N3O5/c1-2-3-16-31-25(32)24(21-35-19-22-10-6-4-7-11-22)29-26(33)28(31)14-17-30(18-15-28)27(34)36-20-23-12-8-5-9-13-23/h4-13,24H,2-3,14-21H2,1H3,(H,29,33)/t24-/m0/s1. The topological polar surface area (TPSA) is 88.2 Å². The van der Waals surface area contributed by atoms with E-state index in [1.54, 1.807) is 9.80 Å². The van der Waals surface area contributed by atoms with Gasteiger partial charge in [0.25, 0.3) is 0 Å². The Labute approximate surface area is 212 Å². The van der Waals surface area contributed by atoms with Crippen LogP contribution >= 0.6 is 0 Å². The predicted octanol–water partition coefficient (Wildman–Crippen LogP) is 3.50. The maximum Gasteiger partial charge on any atom is 0.410 e. The van der Waals surface area contributed by atoms with E-state index in [-0.39, 0.29) is 25.0 Å². The smallest absolute Gasteiger partial charge is 0.410 e. The molecule has 2 aromatic carbocycles. The minimum atomic E-state index is -0.946. The minimum absolute atomic E-state index is 0.115. The summed E-state index contributed by atoms with van der Waals surface area (Å²) in [6, 6.07) is 18.5. The van der Waals surface area contributed by atoms with Crippen molar-refractivity contribution >= 4 is 17.9 Å². The van der Waals surface area contributed by atoms with Gasteiger partial charge in [-0.2, -0.15) is 0 Å². The van der Waals surface area contributed by atoms with Gasteiger partial charge < -0.3 is 24.6 Å². The van der Waals surface area contributed by atoms with Gasteiger partial charge in [0.15, 0.2) is 0 Å². The Balaban J connectivity index is 1.36. The van der Waals surface area contributed by atoms with Gasteiger partial charge in [0.2, 0.25) is 11.8 Å². The van der Waals surface area contributed by atoms with E-state index < -0.39 is 17.7 Å². The van der Waals surface area contributed by atoms with Gasteiger partial charge in [0.1, 0.15) is 18.2 Å². The number of ether oxygens (including phenoxy) is 2. The number of carbonyl (C=O) groups excluding carboxylic acids is 3. The van der Waals surface area contributed by atoms with Gasteiger partial charge in [0, 0.05) is 19.6 Å². The summed E-state index contributed by atoms with van der Waals surface area (Å²) in [6.07, 6.45) is 2.08. The third-order valence-electron chi connectivity index (χ3n) is 6.99. The van der Waals surface area contributed by atoms with E-state index in [1.165, 1.54) is 0 Å². The highest BCUT2D eigenvalue weighted by Crippen LogP contribution is 2.33. The third kappa shape index (κ3) is 5.87. The first-order valence-corrected chi connectivity index (χ1v) is 12.7. The summed E-state index contributed by atoms with van der Waals surface area (Å²) in [5.74, 6) is -0.278. The van der Waals surface area contributed by atoms with Gasteiger partial charge in [-0.1, -0.05) is 74.0 Å². The lowest BCUT2D eigenvalue weighted by Gasteiger charge is -2.51. The summed E-state index contributed by atoms with van der Waals surface area (Å²) in [4.78, 5) is 42.9. The number of rotatable bonds is 9. The molecule has 1 atom stereocenters. The molecule has 0 saturated carbocycles. The van der Waals surface area contributed by atoms with Crippen molar-refractivity contribution in [1.29, 1.82) is 0 Å². The number of hydrogen-bond donors (Lipinski definition) is 1. The van der Waals surface area contributed by atoms with E-state index in [9.17, 15) is 14.4 Å². The van der Waals surface area contributed by atoms with Crippen LogP contribution < -0.4 is 5.32 Å². The normalized spacial score (nSPS) is 19.3. The van der Waals surface area contributed by atoms with E-state index in [0.29, 0.717) is 39.1 Å². The summed E-state index contributed by atoms with van der Waals surface area (Å²) in [7, 11) is 0. The van der Waals surface area contributed by atoms with E-state index in [0.717, 1.165) is 24.0 Å². The molecule has 0 radical (unpaired) electrons. The summed E-state index contributed by atoms with van der Waals surface area (Å²) in [6.45, 7) is 3.98. The fraction of sp³-hybridized carbons (Fsp3) is 0.464. The van der Waals surface area contributed by atoms with Crippen LogP contribution in [0.4, 0.5) is 4.79 Å². The van der Waals surface area contributed by atoms with Crippen LogP contribution in [0.2, 0.25) is 0 Å². The van der Waals surface area contributed by atoms with Crippen LogP contribution in [0, 0.1) is 0 Å². The summed E-state index contributed by atoms with van der Waals surface area (Å²) in [5.41, 5.74) is 0.985. The maximum atomic E-state index is 13.5. The molecule has 0 aromatic heterocycles. The first-order valence-electron chi connectivity index (χ1n) is 12.7. The highest BCUT2D eigenvalue weighted by atomic mass is 16.6. The number of piperazine rings is 1. The van der Waals surface area contributed by atoms with E-state index >= 15 is 0 Å². The fourth-order valence-electron chi connectivity index (χ4n) is 4.86. The zero-order chi connectivity index (χ0) is 25.4. The monoisotopic (exact) mass is 493 g/mol. The largest absolute Gasteiger partial charge is 0.445 e. The van der Waals surface area contributed by atoms with E-state index in [2.05, 4.69) is 12.2 Å². The van der Waals surface area contributed by atoms with Crippen LogP contribution in [0.5, 0.6) is 0 Å². The van der Waals surface area contributed by atoms with Crippen LogP contribution in [0.3, 0.4) is 0 Å². The van der Waals surface area contributed by atoms with Crippen LogP contribution in [0.15, 0.2) is 60.7 Å². The number of nitrogens with zero attached hydrogens (tertiary/aromatic N) is 2. The average molecular weight is 494 g/mol. The maximum absolute atomic E-state index is 13.5. The van der Waals surface area contributed by atoms with Crippen LogP contribution in [0.1, 0.15) is 43.7 Å². The van der Waals surface area contributed by atoms with Crippen molar-refractivity contribution in [2.75, 3.05) is 26.2 Å². The average Bonchev–Trinajstić information content (AvgIpc) is 2.92. The van der Waals surface area contributed by atoms with Crippen molar-refractivity contribution in [2.45, 2.75) is 57.4 Å². The Hall–Kier alpha value is -3.39. The molecular formula is C28H35N3O5. The van der Waals surface area contributed by atoms with E-state index in [1.807, 2.05) is 60.7 Å². The highest BCUT2D eigenvalue weighted by Gasteiger charge is 2.53. The van der Waals surface area contributed by atoms with Crippen molar-refractivity contribution in [3.8, 4) is 0 Å². The minimum Gasteiger partial charge on any atom is -0.445 e. The summed E-state index contributed by atoms with van der Waals surface area (Å²) >= 11 is 0. The van der Waals surface area contributed by atoms with Crippen molar-refractivity contribution in [3.05, 3.63) is 71.8 Å². The molecule has 3 amide bonds. The fourth-order valence-corrected chi connectivity index (χ4v) is 4.86. The molecule has 192 valence electrons. The van der Waals surface area contributed by atoms with Crippen molar-refractivity contribution in [3.63, 3.8) is 0 Å². The van der Waals surface area contributed by atoms with Crippen LogP contribution in [0.25, 0.3) is 0 Å². The van der Waals surface area contributed by atoms with Gasteiger partial charge in [-0.15, -0.1) is 0 Å². The molecule has 0 aliphatic carbocycles.